The Bertz CT molecular complexity index is 1390. The summed E-state index contributed by atoms with van der Waals surface area (Å²) in [4.78, 5) is 12.4. The molecular weight excluding hydrogens is 507 g/mol. The third-order valence-electron chi connectivity index (χ3n) is 6.30. The van der Waals surface area contributed by atoms with Crippen LogP contribution in [0, 0.1) is 0 Å². The Morgan fingerprint density at radius 3 is 1.57 bits per heavy atom. The van der Waals surface area contributed by atoms with Crippen LogP contribution in [-0.2, 0) is 4.79 Å². The largest absolute Gasteiger partial charge is 0.496 e. The van der Waals surface area contributed by atoms with E-state index in [1.807, 2.05) is 79.7 Å². The first-order chi connectivity index (χ1) is 17.8. The Labute approximate surface area is 227 Å². The molecule has 0 heterocycles. The molecule has 2 atom stereocenters. The summed E-state index contributed by atoms with van der Waals surface area (Å²) in [5.74, 6) is 1.00. The van der Waals surface area contributed by atoms with Crippen LogP contribution in [0.25, 0.3) is 22.3 Å². The van der Waals surface area contributed by atoms with Gasteiger partial charge < -0.3 is 15.2 Å². The smallest absolute Gasteiger partial charge is 0.239 e. The van der Waals surface area contributed by atoms with Crippen LogP contribution in [0.3, 0.4) is 0 Å². The molecule has 0 spiro atoms. The zero-order valence-electron chi connectivity index (χ0n) is 20.8. The van der Waals surface area contributed by atoms with Crippen molar-refractivity contribution in [1.82, 2.24) is 5.32 Å². The van der Waals surface area contributed by atoms with Crippen molar-refractivity contribution in [2.24, 2.45) is 5.73 Å². The van der Waals surface area contributed by atoms with Crippen LogP contribution < -0.4 is 20.5 Å². The van der Waals surface area contributed by atoms with Crippen LogP contribution in [-0.4, -0.2) is 20.1 Å². The molecule has 0 aliphatic rings. The molecule has 37 heavy (non-hydrogen) atoms. The van der Waals surface area contributed by atoms with E-state index >= 15 is 0 Å². The molecule has 0 saturated carbocycles. The van der Waals surface area contributed by atoms with E-state index in [4.69, 9.17) is 38.4 Å². The van der Waals surface area contributed by atoms with Crippen molar-refractivity contribution in [2.75, 3.05) is 14.2 Å². The quantitative estimate of drug-likeness (QED) is 0.237. The van der Waals surface area contributed by atoms with Crippen LogP contribution in [0.1, 0.15) is 30.1 Å². The first-order valence-electron chi connectivity index (χ1n) is 11.7. The van der Waals surface area contributed by atoms with Crippen LogP contribution in [0.2, 0.25) is 10.0 Å². The summed E-state index contributed by atoms with van der Waals surface area (Å²) in [5.41, 5.74) is 11.3. The Hall–Kier alpha value is -3.51. The molecular formula is C30H28Cl2N2O3. The van der Waals surface area contributed by atoms with Gasteiger partial charge in [0.25, 0.3) is 0 Å². The van der Waals surface area contributed by atoms with Gasteiger partial charge >= 0.3 is 0 Å². The van der Waals surface area contributed by atoms with Crippen molar-refractivity contribution in [2.45, 2.75) is 19.0 Å². The molecule has 0 fully saturated rings. The highest BCUT2D eigenvalue weighted by Gasteiger charge is 2.21. The van der Waals surface area contributed by atoms with Gasteiger partial charge in [-0.3, -0.25) is 10.1 Å². The number of carbonyl (C=O) groups is 1. The van der Waals surface area contributed by atoms with Gasteiger partial charge in [0.05, 0.1) is 14.2 Å². The molecule has 5 nitrogen and oxygen atoms in total. The Morgan fingerprint density at radius 2 is 1.16 bits per heavy atom. The second kappa shape index (κ2) is 11.7. The van der Waals surface area contributed by atoms with Gasteiger partial charge in [-0.15, -0.1) is 0 Å². The lowest BCUT2D eigenvalue weighted by atomic mass is 9.97. The predicted molar refractivity (Wildman–Crippen MR) is 150 cm³/mol. The van der Waals surface area contributed by atoms with E-state index in [-0.39, 0.29) is 6.04 Å². The number of carbonyl (C=O) groups excluding carboxylic acids is 1. The fraction of sp³-hybridized carbons (Fsp3) is 0.167. The highest BCUT2D eigenvalue weighted by molar-refractivity contribution is 6.31. The van der Waals surface area contributed by atoms with E-state index < -0.39 is 11.9 Å². The first-order valence-corrected chi connectivity index (χ1v) is 12.5. The van der Waals surface area contributed by atoms with E-state index in [0.29, 0.717) is 15.8 Å². The Morgan fingerprint density at radius 1 is 0.730 bits per heavy atom. The number of halogens is 2. The molecule has 0 radical (unpaired) electrons. The zero-order valence-corrected chi connectivity index (χ0v) is 22.3. The number of rotatable bonds is 9. The maximum absolute atomic E-state index is 12.4. The lowest BCUT2D eigenvalue weighted by molar-refractivity contribution is -0.120. The van der Waals surface area contributed by atoms with Gasteiger partial charge in [-0.1, -0.05) is 71.7 Å². The molecule has 0 saturated heterocycles. The third-order valence-corrected chi connectivity index (χ3v) is 6.77. The fourth-order valence-corrected chi connectivity index (χ4v) is 4.65. The molecule has 3 N–H and O–H groups in total. The summed E-state index contributed by atoms with van der Waals surface area (Å²) >= 11 is 12.4. The average molecular weight is 535 g/mol. The number of hydrogen-bond donors (Lipinski definition) is 2. The SMILES string of the molecule is COc1ccc(Cl)cc1-c1ccc(C(C)N[C@@H](C(N)=O)c2ccc(-c3cc(Cl)ccc3OC)cc2)cc1. The fourth-order valence-electron chi connectivity index (χ4n) is 4.31. The van der Waals surface area contributed by atoms with E-state index in [0.717, 1.165) is 39.1 Å². The summed E-state index contributed by atoms with van der Waals surface area (Å²) in [6.45, 7) is 2.00. The van der Waals surface area contributed by atoms with E-state index in [1.54, 1.807) is 26.4 Å². The molecule has 4 rings (SSSR count). The standard InChI is InChI=1S/C30H28Cl2N2O3/c1-18(19-4-6-20(7-5-19)25-16-23(31)12-14-27(25)36-2)34-29(30(33)35)22-10-8-21(9-11-22)26-17-24(32)13-15-28(26)37-3/h4-18,29,34H,1-3H3,(H2,33,35)/t18?,29-/m1/s1. The van der Waals surface area contributed by atoms with Crippen LogP contribution >= 0.6 is 23.2 Å². The van der Waals surface area contributed by atoms with Gasteiger partial charge in [0.2, 0.25) is 5.91 Å². The lowest BCUT2D eigenvalue weighted by Gasteiger charge is -2.22. The lowest BCUT2D eigenvalue weighted by Crippen LogP contribution is -2.35. The van der Waals surface area contributed by atoms with Crippen molar-refractivity contribution in [3.63, 3.8) is 0 Å². The summed E-state index contributed by atoms with van der Waals surface area (Å²) in [6.07, 6.45) is 0. The average Bonchev–Trinajstić information content (AvgIpc) is 2.91. The minimum atomic E-state index is -0.669. The van der Waals surface area contributed by atoms with Crippen molar-refractivity contribution < 1.29 is 14.3 Å². The van der Waals surface area contributed by atoms with Crippen molar-refractivity contribution in [3.8, 4) is 33.8 Å². The number of primary amides is 1. The number of benzene rings is 4. The van der Waals surface area contributed by atoms with Gasteiger partial charge in [0.1, 0.15) is 17.5 Å². The molecule has 1 amide bonds. The molecule has 4 aromatic rings. The molecule has 190 valence electrons. The molecule has 0 bridgehead atoms. The summed E-state index contributed by atoms with van der Waals surface area (Å²) in [5, 5.41) is 4.62. The number of ether oxygens (including phenoxy) is 2. The van der Waals surface area contributed by atoms with Crippen molar-refractivity contribution in [3.05, 3.63) is 106 Å². The second-order valence-corrected chi connectivity index (χ2v) is 9.53. The number of methoxy groups -OCH3 is 2. The zero-order chi connectivity index (χ0) is 26.5. The summed E-state index contributed by atoms with van der Waals surface area (Å²) in [7, 11) is 3.25. The summed E-state index contributed by atoms with van der Waals surface area (Å²) < 4.78 is 10.9. The predicted octanol–water partition coefficient (Wildman–Crippen LogP) is 7.22. The Kier molecular flexibility index (Phi) is 8.39. The van der Waals surface area contributed by atoms with E-state index in [9.17, 15) is 4.79 Å². The minimum Gasteiger partial charge on any atom is -0.496 e. The van der Waals surface area contributed by atoms with E-state index in [1.165, 1.54) is 0 Å². The van der Waals surface area contributed by atoms with Crippen LogP contribution in [0.15, 0.2) is 84.9 Å². The van der Waals surface area contributed by atoms with Gasteiger partial charge in [-0.05, 0) is 65.6 Å². The van der Waals surface area contributed by atoms with Gasteiger partial charge in [0, 0.05) is 27.2 Å². The van der Waals surface area contributed by atoms with Crippen molar-refractivity contribution in [1.29, 1.82) is 0 Å². The van der Waals surface area contributed by atoms with Gasteiger partial charge in [-0.25, -0.2) is 0 Å². The van der Waals surface area contributed by atoms with Crippen molar-refractivity contribution >= 4 is 29.1 Å². The number of nitrogens with one attached hydrogen (secondary N) is 1. The van der Waals surface area contributed by atoms with Gasteiger partial charge in [0.15, 0.2) is 0 Å². The highest BCUT2D eigenvalue weighted by atomic mass is 35.5. The maximum Gasteiger partial charge on any atom is 0.239 e. The second-order valence-electron chi connectivity index (χ2n) is 8.66. The number of hydrogen-bond acceptors (Lipinski definition) is 4. The van der Waals surface area contributed by atoms with Crippen LogP contribution in [0.4, 0.5) is 0 Å². The maximum atomic E-state index is 12.4. The molecule has 0 aromatic heterocycles. The number of amides is 1. The Balaban J connectivity index is 1.54. The minimum absolute atomic E-state index is 0.138. The number of nitrogens with two attached hydrogens (primary N) is 1. The normalized spacial score (nSPS) is 12.6. The highest BCUT2D eigenvalue weighted by Crippen LogP contribution is 2.35. The first kappa shape index (κ1) is 26.6. The van der Waals surface area contributed by atoms with Crippen LogP contribution in [0.5, 0.6) is 11.5 Å². The topological polar surface area (TPSA) is 73.6 Å². The molecule has 1 unspecified atom stereocenters. The van der Waals surface area contributed by atoms with Gasteiger partial charge in [-0.2, -0.15) is 0 Å². The molecule has 4 aromatic carbocycles. The van der Waals surface area contributed by atoms with E-state index in [2.05, 4.69) is 5.32 Å². The molecule has 0 aliphatic carbocycles. The molecule has 7 heteroatoms. The molecule has 0 aliphatic heterocycles. The third kappa shape index (κ3) is 6.08. The monoisotopic (exact) mass is 534 g/mol. The summed E-state index contributed by atoms with van der Waals surface area (Å²) in [6, 6.07) is 25.9.